The smallest absolute Gasteiger partial charge is 0.168 e. The molecule has 86 valence electrons. The monoisotopic (exact) mass is 219 g/mol. The standard InChI is InChI=1S/C12H17N3O/c16-8-12-10-7-13-6-5-11(10)14-15(12)9-3-1-2-4-9/h8-9,13H,1-7H2. The third-order valence-electron chi connectivity index (χ3n) is 3.76. The molecule has 3 rings (SSSR count). The predicted octanol–water partition coefficient (Wildman–Crippen LogP) is 1.46. The number of nitrogens with zero attached hydrogens (tertiary/aromatic N) is 2. The molecule has 4 heteroatoms. The van der Waals surface area contributed by atoms with Crippen molar-refractivity contribution in [1.29, 1.82) is 0 Å². The number of carbonyl (C=O) groups is 1. The number of nitrogens with one attached hydrogen (secondary N) is 1. The number of aldehydes is 1. The molecule has 2 aliphatic rings. The van der Waals surface area contributed by atoms with Crippen LogP contribution >= 0.6 is 0 Å². The molecule has 16 heavy (non-hydrogen) atoms. The van der Waals surface area contributed by atoms with E-state index in [1.807, 2.05) is 4.68 Å². The third-order valence-corrected chi connectivity index (χ3v) is 3.76. The number of fused-ring (bicyclic) bond motifs is 1. The Morgan fingerprint density at radius 1 is 1.38 bits per heavy atom. The van der Waals surface area contributed by atoms with E-state index in [-0.39, 0.29) is 0 Å². The molecule has 0 spiro atoms. The van der Waals surface area contributed by atoms with Gasteiger partial charge in [0.15, 0.2) is 6.29 Å². The minimum atomic E-state index is 0.464. The van der Waals surface area contributed by atoms with Gasteiger partial charge >= 0.3 is 0 Å². The van der Waals surface area contributed by atoms with Gasteiger partial charge in [0.2, 0.25) is 0 Å². The molecule has 1 fully saturated rings. The molecule has 0 unspecified atom stereocenters. The van der Waals surface area contributed by atoms with Crippen molar-refractivity contribution < 1.29 is 4.79 Å². The highest BCUT2D eigenvalue weighted by Gasteiger charge is 2.25. The van der Waals surface area contributed by atoms with E-state index in [0.29, 0.717) is 6.04 Å². The molecule has 1 N–H and O–H groups in total. The lowest BCUT2D eigenvalue weighted by atomic mass is 10.1. The molecule has 0 aromatic carbocycles. The Hall–Kier alpha value is -1.16. The van der Waals surface area contributed by atoms with E-state index in [9.17, 15) is 4.79 Å². The highest BCUT2D eigenvalue weighted by Crippen LogP contribution is 2.31. The summed E-state index contributed by atoms with van der Waals surface area (Å²) in [5.74, 6) is 0. The Labute approximate surface area is 95.0 Å². The SMILES string of the molecule is O=Cc1c2c(nn1C1CCCC1)CCNC2. The molecule has 2 heterocycles. The Morgan fingerprint density at radius 2 is 2.19 bits per heavy atom. The van der Waals surface area contributed by atoms with Crippen molar-refractivity contribution in [2.24, 2.45) is 0 Å². The molecule has 0 saturated heterocycles. The average Bonchev–Trinajstić information content (AvgIpc) is 2.95. The molecule has 1 aromatic rings. The molecule has 1 aromatic heterocycles. The first-order valence-electron chi connectivity index (χ1n) is 6.16. The average molecular weight is 219 g/mol. The lowest BCUT2D eigenvalue weighted by Crippen LogP contribution is -2.23. The van der Waals surface area contributed by atoms with Gasteiger partial charge in [0.25, 0.3) is 0 Å². The van der Waals surface area contributed by atoms with Crippen molar-refractivity contribution in [3.05, 3.63) is 17.0 Å². The first-order chi connectivity index (χ1) is 7.90. The quantitative estimate of drug-likeness (QED) is 0.766. The van der Waals surface area contributed by atoms with Crippen LogP contribution in [0.5, 0.6) is 0 Å². The van der Waals surface area contributed by atoms with E-state index in [1.54, 1.807) is 0 Å². The summed E-state index contributed by atoms with van der Waals surface area (Å²) < 4.78 is 2.00. The maximum atomic E-state index is 11.2. The third kappa shape index (κ3) is 1.48. The van der Waals surface area contributed by atoms with Crippen LogP contribution in [-0.4, -0.2) is 22.6 Å². The highest BCUT2D eigenvalue weighted by atomic mass is 16.1. The van der Waals surface area contributed by atoms with Crippen molar-refractivity contribution in [2.45, 2.75) is 44.7 Å². The molecule has 1 aliphatic heterocycles. The second-order valence-electron chi connectivity index (χ2n) is 4.74. The van der Waals surface area contributed by atoms with Crippen LogP contribution in [0.4, 0.5) is 0 Å². The van der Waals surface area contributed by atoms with Crippen molar-refractivity contribution in [1.82, 2.24) is 15.1 Å². The van der Waals surface area contributed by atoms with E-state index in [2.05, 4.69) is 10.4 Å². The van der Waals surface area contributed by atoms with E-state index < -0.39 is 0 Å². The molecule has 1 aliphatic carbocycles. The fourth-order valence-electron chi connectivity index (χ4n) is 2.90. The summed E-state index contributed by atoms with van der Waals surface area (Å²) in [6.07, 6.45) is 6.83. The summed E-state index contributed by atoms with van der Waals surface area (Å²) in [5, 5.41) is 7.96. The molecule has 0 radical (unpaired) electrons. The molecule has 1 saturated carbocycles. The number of hydrogen-bond acceptors (Lipinski definition) is 3. The van der Waals surface area contributed by atoms with Crippen molar-refractivity contribution >= 4 is 6.29 Å². The fourth-order valence-corrected chi connectivity index (χ4v) is 2.90. The molecule has 0 atom stereocenters. The van der Waals surface area contributed by atoms with Gasteiger partial charge in [-0.1, -0.05) is 12.8 Å². The molecule has 0 bridgehead atoms. The lowest BCUT2D eigenvalue weighted by Gasteiger charge is -2.12. The van der Waals surface area contributed by atoms with Gasteiger partial charge in [-0.15, -0.1) is 0 Å². The summed E-state index contributed by atoms with van der Waals surface area (Å²) in [4.78, 5) is 11.2. The minimum Gasteiger partial charge on any atom is -0.312 e. The molecular weight excluding hydrogens is 202 g/mol. The van der Waals surface area contributed by atoms with Crippen molar-refractivity contribution in [2.75, 3.05) is 6.54 Å². The van der Waals surface area contributed by atoms with E-state index >= 15 is 0 Å². The summed E-state index contributed by atoms with van der Waals surface area (Å²) in [6.45, 7) is 1.78. The number of aromatic nitrogens is 2. The topological polar surface area (TPSA) is 46.9 Å². The second kappa shape index (κ2) is 4.01. The van der Waals surface area contributed by atoms with E-state index in [1.165, 1.54) is 25.7 Å². The number of carbonyl (C=O) groups excluding carboxylic acids is 1. The van der Waals surface area contributed by atoms with Crippen molar-refractivity contribution in [3.8, 4) is 0 Å². The first kappa shape index (κ1) is 10.0. The normalized spacial score (nSPS) is 21.0. The molecule has 0 amide bonds. The van der Waals surface area contributed by atoms with Gasteiger partial charge < -0.3 is 5.32 Å². The largest absolute Gasteiger partial charge is 0.312 e. The van der Waals surface area contributed by atoms with Gasteiger partial charge in [-0.3, -0.25) is 9.48 Å². The van der Waals surface area contributed by atoms with Crippen LogP contribution in [0.3, 0.4) is 0 Å². The molecule has 4 nitrogen and oxygen atoms in total. The Balaban J connectivity index is 2.03. The summed E-state index contributed by atoms with van der Waals surface area (Å²) >= 11 is 0. The zero-order valence-corrected chi connectivity index (χ0v) is 9.41. The van der Waals surface area contributed by atoms with Crippen LogP contribution in [0.25, 0.3) is 0 Å². The summed E-state index contributed by atoms with van der Waals surface area (Å²) in [7, 11) is 0. The lowest BCUT2D eigenvalue weighted by molar-refractivity contribution is 0.111. The summed E-state index contributed by atoms with van der Waals surface area (Å²) in [6, 6.07) is 0.464. The second-order valence-corrected chi connectivity index (χ2v) is 4.74. The fraction of sp³-hybridized carbons (Fsp3) is 0.667. The van der Waals surface area contributed by atoms with Crippen LogP contribution in [-0.2, 0) is 13.0 Å². The van der Waals surface area contributed by atoms with Gasteiger partial charge in [0, 0.05) is 25.1 Å². The van der Waals surface area contributed by atoms with Gasteiger partial charge in [0.1, 0.15) is 5.69 Å². The van der Waals surface area contributed by atoms with Gasteiger partial charge in [0.05, 0.1) is 11.7 Å². The first-order valence-corrected chi connectivity index (χ1v) is 6.16. The Bertz CT molecular complexity index is 405. The maximum Gasteiger partial charge on any atom is 0.168 e. The minimum absolute atomic E-state index is 0.464. The molecular formula is C12H17N3O. The van der Waals surface area contributed by atoms with Gasteiger partial charge in [-0.25, -0.2) is 0 Å². The Morgan fingerprint density at radius 3 is 2.94 bits per heavy atom. The van der Waals surface area contributed by atoms with E-state index in [0.717, 1.165) is 42.7 Å². The maximum absolute atomic E-state index is 11.2. The van der Waals surface area contributed by atoms with Crippen LogP contribution in [0.1, 0.15) is 53.5 Å². The van der Waals surface area contributed by atoms with Crippen LogP contribution < -0.4 is 5.32 Å². The number of rotatable bonds is 2. The Kier molecular flexibility index (Phi) is 2.52. The predicted molar refractivity (Wildman–Crippen MR) is 60.5 cm³/mol. The van der Waals surface area contributed by atoms with Crippen molar-refractivity contribution in [3.63, 3.8) is 0 Å². The highest BCUT2D eigenvalue weighted by molar-refractivity contribution is 5.75. The number of hydrogen-bond donors (Lipinski definition) is 1. The zero-order chi connectivity index (χ0) is 11.0. The van der Waals surface area contributed by atoms with Gasteiger partial charge in [-0.2, -0.15) is 5.10 Å². The van der Waals surface area contributed by atoms with Crippen LogP contribution in [0, 0.1) is 0 Å². The summed E-state index contributed by atoms with van der Waals surface area (Å²) in [5.41, 5.74) is 3.08. The van der Waals surface area contributed by atoms with Crippen LogP contribution in [0.2, 0.25) is 0 Å². The zero-order valence-electron chi connectivity index (χ0n) is 9.41. The van der Waals surface area contributed by atoms with Gasteiger partial charge in [-0.05, 0) is 12.8 Å². The van der Waals surface area contributed by atoms with Crippen LogP contribution in [0.15, 0.2) is 0 Å². The van der Waals surface area contributed by atoms with E-state index in [4.69, 9.17) is 0 Å².